The van der Waals surface area contributed by atoms with Crippen LogP contribution in [0.1, 0.15) is 48.4 Å². The maximum atomic E-state index is 12.5. The van der Waals surface area contributed by atoms with Gasteiger partial charge in [0.15, 0.2) is 0 Å². The van der Waals surface area contributed by atoms with Gasteiger partial charge in [0.25, 0.3) is 5.91 Å². The minimum Gasteiger partial charge on any atom is -0.481 e. The van der Waals surface area contributed by atoms with E-state index in [0.717, 1.165) is 18.4 Å². The Bertz CT molecular complexity index is 745. The molecule has 126 valence electrons. The van der Waals surface area contributed by atoms with E-state index in [9.17, 15) is 9.59 Å². The SMILES string of the molecule is Cc1nnc(-c2ccc(C(=O)NC3(CC(=O)O)CCCC3)cc2)o1. The normalized spacial score (nSPS) is 16.0. The number of aliphatic carboxylic acids is 1. The zero-order valence-electron chi connectivity index (χ0n) is 13.4. The second-order valence-electron chi connectivity index (χ2n) is 6.22. The van der Waals surface area contributed by atoms with Gasteiger partial charge in [-0.05, 0) is 37.1 Å². The van der Waals surface area contributed by atoms with Crippen molar-refractivity contribution in [2.24, 2.45) is 0 Å². The standard InChI is InChI=1S/C17H19N3O4/c1-11-19-20-16(24-11)13-6-4-12(5-7-13)15(23)18-17(10-14(21)22)8-2-3-9-17/h4-7H,2-3,8-10H2,1H3,(H,18,23)(H,21,22). The minimum absolute atomic E-state index is 0.0436. The third-order valence-electron chi connectivity index (χ3n) is 4.35. The van der Waals surface area contributed by atoms with Gasteiger partial charge in [-0.3, -0.25) is 9.59 Å². The van der Waals surface area contributed by atoms with E-state index in [1.54, 1.807) is 31.2 Å². The van der Waals surface area contributed by atoms with E-state index >= 15 is 0 Å². The van der Waals surface area contributed by atoms with Gasteiger partial charge < -0.3 is 14.8 Å². The molecule has 1 aliphatic rings. The number of carbonyl (C=O) groups excluding carboxylic acids is 1. The first kappa shape index (κ1) is 16.2. The fourth-order valence-corrected chi connectivity index (χ4v) is 3.18. The van der Waals surface area contributed by atoms with Crippen molar-refractivity contribution in [1.29, 1.82) is 0 Å². The van der Waals surface area contributed by atoms with E-state index < -0.39 is 11.5 Å². The van der Waals surface area contributed by atoms with Crippen LogP contribution in [-0.2, 0) is 4.79 Å². The van der Waals surface area contributed by atoms with Crippen LogP contribution in [0.25, 0.3) is 11.5 Å². The molecule has 0 aliphatic heterocycles. The topological polar surface area (TPSA) is 105 Å². The van der Waals surface area contributed by atoms with Gasteiger partial charge in [0.1, 0.15) is 0 Å². The molecule has 3 rings (SSSR count). The van der Waals surface area contributed by atoms with Gasteiger partial charge in [0, 0.05) is 18.1 Å². The Morgan fingerprint density at radius 1 is 1.21 bits per heavy atom. The highest BCUT2D eigenvalue weighted by molar-refractivity contribution is 5.95. The second kappa shape index (κ2) is 6.43. The Balaban J connectivity index is 1.74. The van der Waals surface area contributed by atoms with Gasteiger partial charge in [-0.2, -0.15) is 0 Å². The third kappa shape index (κ3) is 3.45. The van der Waals surface area contributed by atoms with Crippen molar-refractivity contribution >= 4 is 11.9 Å². The van der Waals surface area contributed by atoms with Crippen LogP contribution in [0.2, 0.25) is 0 Å². The fraction of sp³-hybridized carbons (Fsp3) is 0.412. The summed E-state index contributed by atoms with van der Waals surface area (Å²) in [7, 11) is 0. The monoisotopic (exact) mass is 329 g/mol. The van der Waals surface area contributed by atoms with Gasteiger partial charge in [-0.15, -0.1) is 10.2 Å². The first-order valence-electron chi connectivity index (χ1n) is 7.92. The number of nitrogens with one attached hydrogen (secondary N) is 1. The smallest absolute Gasteiger partial charge is 0.305 e. The molecule has 2 aromatic rings. The van der Waals surface area contributed by atoms with E-state index in [1.807, 2.05) is 0 Å². The van der Waals surface area contributed by atoms with E-state index in [2.05, 4.69) is 15.5 Å². The summed E-state index contributed by atoms with van der Waals surface area (Å²) in [4.78, 5) is 23.6. The van der Waals surface area contributed by atoms with E-state index in [4.69, 9.17) is 9.52 Å². The van der Waals surface area contributed by atoms with Crippen molar-refractivity contribution in [1.82, 2.24) is 15.5 Å². The summed E-state index contributed by atoms with van der Waals surface area (Å²) in [5.74, 6) is -0.271. The predicted molar refractivity (Wildman–Crippen MR) is 85.4 cm³/mol. The molecule has 24 heavy (non-hydrogen) atoms. The van der Waals surface area contributed by atoms with Crippen molar-refractivity contribution in [3.63, 3.8) is 0 Å². The highest BCUT2D eigenvalue weighted by Gasteiger charge is 2.37. The Hall–Kier alpha value is -2.70. The zero-order valence-corrected chi connectivity index (χ0v) is 13.4. The van der Waals surface area contributed by atoms with E-state index in [1.165, 1.54) is 0 Å². The molecule has 7 heteroatoms. The number of aryl methyl sites for hydroxylation is 1. The van der Waals surface area contributed by atoms with Crippen LogP contribution in [0.5, 0.6) is 0 Å². The molecule has 0 saturated heterocycles. The molecule has 7 nitrogen and oxygen atoms in total. The van der Waals surface area contributed by atoms with Gasteiger partial charge in [0.2, 0.25) is 11.8 Å². The highest BCUT2D eigenvalue weighted by Crippen LogP contribution is 2.33. The van der Waals surface area contributed by atoms with Gasteiger partial charge >= 0.3 is 5.97 Å². The fourth-order valence-electron chi connectivity index (χ4n) is 3.18. The van der Waals surface area contributed by atoms with Crippen molar-refractivity contribution in [3.8, 4) is 11.5 Å². The van der Waals surface area contributed by atoms with Crippen LogP contribution >= 0.6 is 0 Å². The molecule has 1 saturated carbocycles. The molecule has 1 fully saturated rings. The summed E-state index contributed by atoms with van der Waals surface area (Å²) in [5.41, 5.74) is 0.575. The molecule has 0 unspecified atom stereocenters. The summed E-state index contributed by atoms with van der Waals surface area (Å²) in [6, 6.07) is 6.82. The molecular formula is C17H19N3O4. The maximum Gasteiger partial charge on any atom is 0.305 e. The quantitative estimate of drug-likeness (QED) is 0.873. The molecule has 1 aliphatic carbocycles. The van der Waals surface area contributed by atoms with Crippen LogP contribution in [0.15, 0.2) is 28.7 Å². The summed E-state index contributed by atoms with van der Waals surface area (Å²) >= 11 is 0. The van der Waals surface area contributed by atoms with Crippen LogP contribution in [0, 0.1) is 6.92 Å². The molecule has 2 N–H and O–H groups in total. The number of carboxylic acid groups (broad SMARTS) is 1. The summed E-state index contributed by atoms with van der Waals surface area (Å²) < 4.78 is 5.35. The number of aromatic nitrogens is 2. The highest BCUT2D eigenvalue weighted by atomic mass is 16.4. The Morgan fingerprint density at radius 3 is 2.42 bits per heavy atom. The lowest BCUT2D eigenvalue weighted by Crippen LogP contribution is -2.47. The van der Waals surface area contributed by atoms with Crippen molar-refractivity contribution in [2.75, 3.05) is 0 Å². The lowest BCUT2D eigenvalue weighted by atomic mass is 9.92. The van der Waals surface area contributed by atoms with Crippen molar-refractivity contribution in [3.05, 3.63) is 35.7 Å². The number of carboxylic acids is 1. The molecule has 0 bridgehead atoms. The average molecular weight is 329 g/mol. The second-order valence-corrected chi connectivity index (χ2v) is 6.22. The zero-order chi connectivity index (χ0) is 17.2. The van der Waals surface area contributed by atoms with E-state index in [0.29, 0.717) is 30.2 Å². The Morgan fingerprint density at radius 2 is 1.88 bits per heavy atom. The number of carbonyl (C=O) groups is 2. The number of hydrogen-bond donors (Lipinski definition) is 2. The van der Waals surface area contributed by atoms with Crippen LogP contribution < -0.4 is 5.32 Å². The summed E-state index contributed by atoms with van der Waals surface area (Å²) in [5, 5.41) is 19.8. The number of benzene rings is 1. The number of amides is 1. The lowest BCUT2D eigenvalue weighted by Gasteiger charge is -2.28. The lowest BCUT2D eigenvalue weighted by molar-refractivity contribution is -0.138. The van der Waals surface area contributed by atoms with Gasteiger partial charge in [-0.1, -0.05) is 12.8 Å². The third-order valence-corrected chi connectivity index (χ3v) is 4.35. The molecule has 1 heterocycles. The number of nitrogens with zero attached hydrogens (tertiary/aromatic N) is 2. The molecular weight excluding hydrogens is 310 g/mol. The first-order valence-corrected chi connectivity index (χ1v) is 7.92. The summed E-state index contributed by atoms with van der Waals surface area (Å²) in [6.07, 6.45) is 3.22. The van der Waals surface area contributed by atoms with Crippen LogP contribution in [0.3, 0.4) is 0 Å². The first-order chi connectivity index (χ1) is 11.5. The van der Waals surface area contributed by atoms with Crippen LogP contribution in [-0.4, -0.2) is 32.7 Å². The van der Waals surface area contributed by atoms with Gasteiger partial charge in [-0.25, -0.2) is 0 Å². The molecule has 0 atom stereocenters. The Kier molecular flexibility index (Phi) is 4.33. The average Bonchev–Trinajstić information content (AvgIpc) is 3.16. The molecule has 1 aromatic carbocycles. The van der Waals surface area contributed by atoms with E-state index in [-0.39, 0.29) is 12.3 Å². The largest absolute Gasteiger partial charge is 0.481 e. The minimum atomic E-state index is -0.890. The van der Waals surface area contributed by atoms with Crippen molar-refractivity contribution in [2.45, 2.75) is 44.6 Å². The number of rotatable bonds is 5. The molecule has 0 spiro atoms. The number of hydrogen-bond acceptors (Lipinski definition) is 5. The Labute approximate surface area is 139 Å². The molecule has 1 aromatic heterocycles. The summed E-state index contributed by atoms with van der Waals surface area (Å²) in [6.45, 7) is 1.71. The predicted octanol–water partition coefficient (Wildman–Crippen LogP) is 2.56. The van der Waals surface area contributed by atoms with Crippen LogP contribution in [0.4, 0.5) is 0 Å². The molecule has 0 radical (unpaired) electrons. The van der Waals surface area contributed by atoms with Crippen molar-refractivity contribution < 1.29 is 19.1 Å². The maximum absolute atomic E-state index is 12.5. The molecule has 1 amide bonds. The van der Waals surface area contributed by atoms with Gasteiger partial charge in [0.05, 0.1) is 12.0 Å².